The van der Waals surface area contributed by atoms with Crippen LogP contribution in [0.3, 0.4) is 0 Å². The molecule has 20 heavy (non-hydrogen) atoms. The molecule has 112 valence electrons. The lowest BCUT2D eigenvalue weighted by Gasteiger charge is -2.20. The smallest absolute Gasteiger partial charge is 0.253 e. The maximum absolute atomic E-state index is 12.0. The van der Waals surface area contributed by atoms with Crippen molar-refractivity contribution in [3.63, 3.8) is 0 Å². The number of benzene rings is 1. The van der Waals surface area contributed by atoms with Crippen molar-refractivity contribution in [1.82, 2.24) is 4.90 Å². The summed E-state index contributed by atoms with van der Waals surface area (Å²) >= 11 is 0. The highest BCUT2D eigenvalue weighted by Gasteiger charge is 2.12. The normalized spacial score (nSPS) is 13.7. The number of carbonyl (C=O) groups is 1. The summed E-state index contributed by atoms with van der Waals surface area (Å²) in [6, 6.07) is 5.72. The molecule has 0 radical (unpaired) electrons. The fraction of sp³-hybridized carbons (Fsp3) is 0.562. The molecule has 1 aromatic rings. The van der Waals surface area contributed by atoms with Crippen LogP contribution in [0.25, 0.3) is 0 Å². The summed E-state index contributed by atoms with van der Waals surface area (Å²) in [6.07, 6.45) is 2.25. The predicted molar refractivity (Wildman–Crippen MR) is 86.0 cm³/mol. The first-order valence-corrected chi connectivity index (χ1v) is 7.22. The van der Waals surface area contributed by atoms with Gasteiger partial charge in [-0.1, -0.05) is 20.3 Å². The number of hydrogen-bond donors (Lipinski definition) is 2. The van der Waals surface area contributed by atoms with Gasteiger partial charge in [0.2, 0.25) is 0 Å². The van der Waals surface area contributed by atoms with Crippen molar-refractivity contribution in [1.29, 1.82) is 0 Å². The zero-order chi connectivity index (χ0) is 15.3. The van der Waals surface area contributed by atoms with Gasteiger partial charge in [-0.25, -0.2) is 0 Å². The van der Waals surface area contributed by atoms with Crippen LogP contribution < -0.4 is 11.1 Å². The molecule has 0 aliphatic heterocycles. The first-order valence-electron chi connectivity index (χ1n) is 7.22. The number of rotatable bonds is 6. The fourth-order valence-corrected chi connectivity index (χ4v) is 2.17. The molecule has 0 bridgehead atoms. The van der Waals surface area contributed by atoms with Gasteiger partial charge in [-0.15, -0.1) is 0 Å². The molecule has 2 atom stereocenters. The summed E-state index contributed by atoms with van der Waals surface area (Å²) in [5, 5.41) is 3.41. The third-order valence-corrected chi connectivity index (χ3v) is 3.56. The quantitative estimate of drug-likeness (QED) is 0.785. The summed E-state index contributed by atoms with van der Waals surface area (Å²) in [6.45, 7) is 6.59. The van der Waals surface area contributed by atoms with Crippen LogP contribution in [-0.4, -0.2) is 30.9 Å². The molecule has 0 fully saturated rings. The topological polar surface area (TPSA) is 58.4 Å². The number of nitrogens with one attached hydrogen (secondary N) is 1. The minimum Gasteiger partial charge on any atom is -0.397 e. The largest absolute Gasteiger partial charge is 0.397 e. The molecule has 0 saturated heterocycles. The molecule has 1 rings (SSSR count). The van der Waals surface area contributed by atoms with E-state index >= 15 is 0 Å². The minimum absolute atomic E-state index is 0.0115. The minimum atomic E-state index is -0.0115. The first kappa shape index (κ1) is 16.3. The maximum atomic E-state index is 12.0. The third kappa shape index (κ3) is 4.44. The number of anilines is 2. The van der Waals surface area contributed by atoms with Crippen molar-refractivity contribution in [2.45, 2.75) is 39.7 Å². The van der Waals surface area contributed by atoms with Crippen LogP contribution in [0.2, 0.25) is 0 Å². The molecule has 3 N–H and O–H groups in total. The summed E-state index contributed by atoms with van der Waals surface area (Å²) in [7, 11) is 3.49. The maximum Gasteiger partial charge on any atom is 0.253 e. The van der Waals surface area contributed by atoms with Gasteiger partial charge in [0.1, 0.15) is 0 Å². The van der Waals surface area contributed by atoms with Crippen molar-refractivity contribution < 1.29 is 4.79 Å². The summed E-state index contributed by atoms with van der Waals surface area (Å²) < 4.78 is 0. The summed E-state index contributed by atoms with van der Waals surface area (Å²) in [5.41, 5.74) is 8.16. The summed E-state index contributed by atoms with van der Waals surface area (Å²) in [4.78, 5) is 13.5. The zero-order valence-corrected chi connectivity index (χ0v) is 13.2. The van der Waals surface area contributed by atoms with E-state index in [1.165, 1.54) is 6.42 Å². The van der Waals surface area contributed by atoms with Crippen LogP contribution >= 0.6 is 0 Å². The first-order chi connectivity index (χ1) is 9.35. The second-order valence-corrected chi connectivity index (χ2v) is 5.80. The van der Waals surface area contributed by atoms with Crippen LogP contribution in [0.15, 0.2) is 18.2 Å². The van der Waals surface area contributed by atoms with E-state index in [1.807, 2.05) is 6.07 Å². The number of carbonyl (C=O) groups excluding carboxylic acids is 1. The van der Waals surface area contributed by atoms with Gasteiger partial charge < -0.3 is 16.0 Å². The van der Waals surface area contributed by atoms with E-state index in [1.54, 1.807) is 31.1 Å². The Morgan fingerprint density at radius 3 is 2.55 bits per heavy atom. The van der Waals surface area contributed by atoms with Gasteiger partial charge in [-0.2, -0.15) is 0 Å². The van der Waals surface area contributed by atoms with Crippen molar-refractivity contribution in [3.05, 3.63) is 23.8 Å². The van der Waals surface area contributed by atoms with Crippen molar-refractivity contribution in [2.24, 2.45) is 5.92 Å². The van der Waals surface area contributed by atoms with E-state index in [2.05, 4.69) is 26.1 Å². The Labute approximate surface area is 122 Å². The molecule has 1 aromatic carbocycles. The highest BCUT2D eigenvalue weighted by molar-refractivity contribution is 5.95. The second-order valence-electron chi connectivity index (χ2n) is 5.80. The van der Waals surface area contributed by atoms with E-state index in [0.717, 1.165) is 12.1 Å². The number of hydrogen-bond acceptors (Lipinski definition) is 3. The van der Waals surface area contributed by atoms with Gasteiger partial charge in [0, 0.05) is 25.7 Å². The molecular formula is C16H27N3O. The van der Waals surface area contributed by atoms with Gasteiger partial charge in [0.15, 0.2) is 0 Å². The Morgan fingerprint density at radius 1 is 1.35 bits per heavy atom. The van der Waals surface area contributed by atoms with Crippen LogP contribution in [0.5, 0.6) is 0 Å². The van der Waals surface area contributed by atoms with Gasteiger partial charge >= 0.3 is 0 Å². The van der Waals surface area contributed by atoms with E-state index < -0.39 is 0 Å². The zero-order valence-electron chi connectivity index (χ0n) is 13.2. The molecule has 0 heterocycles. The average Bonchev–Trinajstić information content (AvgIpc) is 2.40. The number of nitrogens with two attached hydrogens (primary N) is 1. The Kier molecular flexibility index (Phi) is 5.86. The number of nitrogen functional groups attached to an aromatic ring is 1. The third-order valence-electron chi connectivity index (χ3n) is 3.56. The van der Waals surface area contributed by atoms with Crippen LogP contribution in [0, 0.1) is 5.92 Å². The molecule has 4 heteroatoms. The second kappa shape index (κ2) is 7.17. The van der Waals surface area contributed by atoms with E-state index in [-0.39, 0.29) is 5.91 Å². The molecule has 0 aliphatic rings. The average molecular weight is 277 g/mol. The predicted octanol–water partition coefficient (Wildman–Crippen LogP) is 3.21. The van der Waals surface area contributed by atoms with E-state index in [4.69, 9.17) is 5.73 Å². The lowest BCUT2D eigenvalue weighted by Crippen LogP contribution is -2.23. The molecule has 0 spiro atoms. The van der Waals surface area contributed by atoms with Crippen LogP contribution in [0.4, 0.5) is 11.4 Å². The number of nitrogens with zero attached hydrogens (tertiary/aromatic N) is 1. The van der Waals surface area contributed by atoms with Crippen molar-refractivity contribution >= 4 is 17.3 Å². The molecule has 2 unspecified atom stereocenters. The molecule has 1 amide bonds. The van der Waals surface area contributed by atoms with Gasteiger partial charge in [-0.3, -0.25) is 4.79 Å². The van der Waals surface area contributed by atoms with E-state index in [0.29, 0.717) is 23.2 Å². The standard InChI is InChI=1S/C16H27N3O/c1-6-11(2)9-12(3)18-15-10-13(7-8-14(15)17)16(20)19(4)5/h7-8,10-12,18H,6,9,17H2,1-5H3. The monoisotopic (exact) mass is 277 g/mol. The Morgan fingerprint density at radius 2 is 2.00 bits per heavy atom. The molecule has 0 aliphatic carbocycles. The number of amides is 1. The Balaban J connectivity index is 2.84. The van der Waals surface area contributed by atoms with Crippen molar-refractivity contribution in [3.8, 4) is 0 Å². The van der Waals surface area contributed by atoms with Gasteiger partial charge in [-0.05, 0) is 37.5 Å². The highest BCUT2D eigenvalue weighted by atomic mass is 16.2. The van der Waals surface area contributed by atoms with Crippen LogP contribution in [-0.2, 0) is 0 Å². The fourth-order valence-electron chi connectivity index (χ4n) is 2.17. The van der Waals surface area contributed by atoms with Gasteiger partial charge in [0.25, 0.3) is 5.91 Å². The van der Waals surface area contributed by atoms with Gasteiger partial charge in [0.05, 0.1) is 11.4 Å². The Bertz CT molecular complexity index is 457. The van der Waals surface area contributed by atoms with Crippen LogP contribution in [0.1, 0.15) is 44.0 Å². The highest BCUT2D eigenvalue weighted by Crippen LogP contribution is 2.23. The lowest BCUT2D eigenvalue weighted by molar-refractivity contribution is 0.0827. The molecule has 4 nitrogen and oxygen atoms in total. The summed E-state index contributed by atoms with van der Waals surface area (Å²) in [5.74, 6) is 0.660. The molecule has 0 aromatic heterocycles. The lowest BCUT2D eigenvalue weighted by atomic mass is 10.00. The molecule has 0 saturated carbocycles. The van der Waals surface area contributed by atoms with Crippen molar-refractivity contribution in [2.75, 3.05) is 25.1 Å². The molecular weight excluding hydrogens is 250 g/mol. The SMILES string of the molecule is CCC(C)CC(C)Nc1cc(C(=O)N(C)C)ccc1N. The Hall–Kier alpha value is -1.71. The van der Waals surface area contributed by atoms with E-state index in [9.17, 15) is 4.79 Å².